The lowest BCUT2D eigenvalue weighted by atomic mass is 10.1. The van der Waals surface area contributed by atoms with Crippen LogP contribution in [0.1, 0.15) is 46.6 Å². The Morgan fingerprint density at radius 3 is 2.26 bits per heavy atom. The number of ether oxygens (including phenoxy) is 1. The van der Waals surface area contributed by atoms with E-state index < -0.39 is 0 Å². The SMILES string of the molecule is CCOc1ccc(CCC(=O)N(CC(C)C)CC(C)C)cc1N. The number of nitrogens with zero attached hydrogens (tertiary/aromatic N) is 1. The average Bonchev–Trinajstić information content (AvgIpc) is 2.45. The second-order valence-electron chi connectivity index (χ2n) is 6.89. The Morgan fingerprint density at radius 2 is 1.78 bits per heavy atom. The van der Waals surface area contributed by atoms with Crippen molar-refractivity contribution < 1.29 is 9.53 Å². The molecule has 0 saturated carbocycles. The van der Waals surface area contributed by atoms with Gasteiger partial charge in [-0.05, 0) is 42.9 Å². The maximum atomic E-state index is 12.5. The molecule has 0 heterocycles. The number of nitrogens with two attached hydrogens (primary N) is 1. The third kappa shape index (κ3) is 6.93. The second kappa shape index (κ2) is 9.43. The Labute approximate surface area is 141 Å². The molecule has 0 bridgehead atoms. The summed E-state index contributed by atoms with van der Waals surface area (Å²) < 4.78 is 5.44. The van der Waals surface area contributed by atoms with Gasteiger partial charge in [0.1, 0.15) is 5.75 Å². The molecule has 1 amide bonds. The van der Waals surface area contributed by atoms with E-state index in [0.29, 0.717) is 42.7 Å². The van der Waals surface area contributed by atoms with Gasteiger partial charge in [-0.1, -0.05) is 33.8 Å². The molecular formula is C19H32N2O2. The van der Waals surface area contributed by atoms with Gasteiger partial charge in [0.2, 0.25) is 5.91 Å². The van der Waals surface area contributed by atoms with Gasteiger partial charge >= 0.3 is 0 Å². The summed E-state index contributed by atoms with van der Waals surface area (Å²) in [5.41, 5.74) is 7.70. The summed E-state index contributed by atoms with van der Waals surface area (Å²) in [7, 11) is 0. The minimum atomic E-state index is 0.222. The molecule has 0 saturated heterocycles. The fourth-order valence-corrected chi connectivity index (χ4v) is 2.61. The maximum absolute atomic E-state index is 12.5. The molecule has 0 fully saturated rings. The van der Waals surface area contributed by atoms with E-state index in [2.05, 4.69) is 27.7 Å². The van der Waals surface area contributed by atoms with Crippen molar-refractivity contribution in [2.24, 2.45) is 11.8 Å². The molecule has 4 heteroatoms. The lowest BCUT2D eigenvalue weighted by Gasteiger charge is -2.26. The highest BCUT2D eigenvalue weighted by atomic mass is 16.5. The first-order valence-corrected chi connectivity index (χ1v) is 8.62. The molecule has 0 spiro atoms. The summed E-state index contributed by atoms with van der Waals surface area (Å²) >= 11 is 0. The third-order valence-electron chi connectivity index (χ3n) is 3.53. The van der Waals surface area contributed by atoms with Gasteiger partial charge in [0.15, 0.2) is 0 Å². The van der Waals surface area contributed by atoms with Crippen molar-refractivity contribution in [3.63, 3.8) is 0 Å². The quantitative estimate of drug-likeness (QED) is 0.705. The van der Waals surface area contributed by atoms with Crippen LogP contribution in [0.2, 0.25) is 0 Å². The second-order valence-corrected chi connectivity index (χ2v) is 6.89. The fourth-order valence-electron chi connectivity index (χ4n) is 2.61. The molecule has 130 valence electrons. The monoisotopic (exact) mass is 320 g/mol. The summed E-state index contributed by atoms with van der Waals surface area (Å²) in [6.07, 6.45) is 1.23. The smallest absolute Gasteiger partial charge is 0.222 e. The van der Waals surface area contributed by atoms with E-state index in [1.165, 1.54) is 0 Å². The molecule has 0 aliphatic heterocycles. The number of hydrogen-bond donors (Lipinski definition) is 1. The van der Waals surface area contributed by atoms with Crippen LogP contribution in [0.4, 0.5) is 5.69 Å². The Bertz CT molecular complexity index is 488. The van der Waals surface area contributed by atoms with Gasteiger partial charge in [0.05, 0.1) is 12.3 Å². The normalized spacial score (nSPS) is 11.1. The van der Waals surface area contributed by atoms with E-state index in [9.17, 15) is 4.79 Å². The first-order valence-electron chi connectivity index (χ1n) is 8.62. The highest BCUT2D eigenvalue weighted by Gasteiger charge is 2.16. The molecule has 0 radical (unpaired) electrons. The van der Waals surface area contributed by atoms with E-state index in [4.69, 9.17) is 10.5 Å². The fraction of sp³-hybridized carbons (Fsp3) is 0.632. The number of aryl methyl sites for hydroxylation is 1. The van der Waals surface area contributed by atoms with Crippen LogP contribution in [0, 0.1) is 11.8 Å². The van der Waals surface area contributed by atoms with Gasteiger partial charge in [-0.15, -0.1) is 0 Å². The highest BCUT2D eigenvalue weighted by molar-refractivity contribution is 5.76. The number of benzene rings is 1. The molecule has 0 aliphatic carbocycles. The van der Waals surface area contributed by atoms with Crippen LogP contribution in [0.15, 0.2) is 18.2 Å². The van der Waals surface area contributed by atoms with Gasteiger partial charge in [0.25, 0.3) is 0 Å². The van der Waals surface area contributed by atoms with E-state index in [-0.39, 0.29) is 5.91 Å². The number of nitrogen functional groups attached to an aromatic ring is 1. The predicted octanol–water partition coefficient (Wildman–Crippen LogP) is 3.74. The Hall–Kier alpha value is -1.71. The van der Waals surface area contributed by atoms with Crippen molar-refractivity contribution in [3.05, 3.63) is 23.8 Å². The van der Waals surface area contributed by atoms with Crippen LogP contribution in [-0.2, 0) is 11.2 Å². The summed E-state index contributed by atoms with van der Waals surface area (Å²) in [6, 6.07) is 5.79. The molecule has 23 heavy (non-hydrogen) atoms. The van der Waals surface area contributed by atoms with Crippen molar-refractivity contribution in [2.45, 2.75) is 47.5 Å². The van der Waals surface area contributed by atoms with Crippen LogP contribution in [0.3, 0.4) is 0 Å². The molecule has 4 nitrogen and oxygen atoms in total. The third-order valence-corrected chi connectivity index (χ3v) is 3.53. The Morgan fingerprint density at radius 1 is 1.17 bits per heavy atom. The molecule has 0 aromatic heterocycles. The number of carbonyl (C=O) groups is 1. The molecule has 1 rings (SSSR count). The summed E-state index contributed by atoms with van der Waals surface area (Å²) in [4.78, 5) is 14.5. The van der Waals surface area contributed by atoms with Gasteiger partial charge in [-0.3, -0.25) is 4.79 Å². The minimum absolute atomic E-state index is 0.222. The molecule has 0 unspecified atom stereocenters. The van der Waals surface area contributed by atoms with Crippen molar-refractivity contribution in [1.82, 2.24) is 4.90 Å². The minimum Gasteiger partial charge on any atom is -0.492 e. The number of hydrogen-bond acceptors (Lipinski definition) is 3. The van der Waals surface area contributed by atoms with Crippen LogP contribution in [0.25, 0.3) is 0 Å². The molecule has 0 aliphatic rings. The average molecular weight is 320 g/mol. The van der Waals surface area contributed by atoms with Crippen LogP contribution in [-0.4, -0.2) is 30.5 Å². The van der Waals surface area contributed by atoms with E-state index in [1.807, 2.05) is 30.0 Å². The van der Waals surface area contributed by atoms with Crippen LogP contribution in [0.5, 0.6) is 5.75 Å². The highest BCUT2D eigenvalue weighted by Crippen LogP contribution is 2.23. The zero-order valence-corrected chi connectivity index (χ0v) is 15.3. The van der Waals surface area contributed by atoms with E-state index >= 15 is 0 Å². The largest absolute Gasteiger partial charge is 0.492 e. The lowest BCUT2D eigenvalue weighted by molar-refractivity contribution is -0.132. The van der Waals surface area contributed by atoms with Gasteiger partial charge in [-0.2, -0.15) is 0 Å². The molecule has 1 aromatic carbocycles. The number of carbonyl (C=O) groups excluding carboxylic acids is 1. The molecule has 2 N–H and O–H groups in total. The first kappa shape index (κ1) is 19.3. The van der Waals surface area contributed by atoms with Crippen molar-refractivity contribution in [3.8, 4) is 5.75 Å². The Kier molecular flexibility index (Phi) is 7.93. The first-order chi connectivity index (χ1) is 10.8. The van der Waals surface area contributed by atoms with Crippen LogP contribution < -0.4 is 10.5 Å². The van der Waals surface area contributed by atoms with E-state index in [1.54, 1.807) is 0 Å². The summed E-state index contributed by atoms with van der Waals surface area (Å²) in [5.74, 6) is 1.90. The number of rotatable bonds is 9. The standard InChI is InChI=1S/C19H32N2O2/c1-6-23-18-9-7-16(11-17(18)20)8-10-19(22)21(12-14(2)3)13-15(4)5/h7,9,11,14-15H,6,8,10,12-13,20H2,1-5H3. The summed E-state index contributed by atoms with van der Waals surface area (Å²) in [6.45, 7) is 12.8. The van der Waals surface area contributed by atoms with Gasteiger partial charge in [-0.25, -0.2) is 0 Å². The van der Waals surface area contributed by atoms with Crippen LogP contribution >= 0.6 is 0 Å². The molecule has 1 aromatic rings. The van der Waals surface area contributed by atoms with E-state index in [0.717, 1.165) is 18.7 Å². The zero-order valence-electron chi connectivity index (χ0n) is 15.3. The number of amides is 1. The van der Waals surface area contributed by atoms with Gasteiger partial charge < -0.3 is 15.4 Å². The maximum Gasteiger partial charge on any atom is 0.222 e. The van der Waals surface area contributed by atoms with Gasteiger partial charge in [0, 0.05) is 19.5 Å². The summed E-state index contributed by atoms with van der Waals surface area (Å²) in [5, 5.41) is 0. The number of anilines is 1. The topological polar surface area (TPSA) is 55.6 Å². The molecular weight excluding hydrogens is 288 g/mol. The predicted molar refractivity (Wildman–Crippen MR) is 96.6 cm³/mol. The lowest BCUT2D eigenvalue weighted by Crippen LogP contribution is -2.37. The Balaban J connectivity index is 2.63. The zero-order chi connectivity index (χ0) is 17.4. The van der Waals surface area contributed by atoms with Crippen molar-refractivity contribution in [2.75, 3.05) is 25.4 Å². The van der Waals surface area contributed by atoms with Crippen molar-refractivity contribution in [1.29, 1.82) is 0 Å². The molecule has 0 atom stereocenters. The van der Waals surface area contributed by atoms with Crippen molar-refractivity contribution >= 4 is 11.6 Å².